The van der Waals surface area contributed by atoms with Crippen LogP contribution in [-0.2, 0) is 4.79 Å². The number of alkyl halides is 2. The van der Waals surface area contributed by atoms with Crippen molar-refractivity contribution < 1.29 is 13.6 Å². The molecule has 0 radical (unpaired) electrons. The minimum atomic E-state index is -2.48. The van der Waals surface area contributed by atoms with E-state index in [1.165, 1.54) is 13.1 Å². The van der Waals surface area contributed by atoms with E-state index in [1.807, 2.05) is 17.9 Å². The zero-order valence-corrected chi connectivity index (χ0v) is 11.8. The van der Waals surface area contributed by atoms with Gasteiger partial charge in [0.25, 0.3) is 5.92 Å². The summed E-state index contributed by atoms with van der Waals surface area (Å²) < 4.78 is 26.4. The number of nitrogens with zero attached hydrogens (tertiary/aromatic N) is 3. The van der Waals surface area contributed by atoms with E-state index in [1.54, 1.807) is 6.07 Å². The molecular formula is C14H16F2N4O. The van der Waals surface area contributed by atoms with Crippen LogP contribution in [0.4, 0.5) is 14.6 Å². The van der Waals surface area contributed by atoms with Crippen LogP contribution < -0.4 is 10.3 Å². The second-order valence-electron chi connectivity index (χ2n) is 5.56. The Bertz CT molecular complexity index is 603. The molecule has 3 rings (SSSR count). The van der Waals surface area contributed by atoms with Crippen LogP contribution in [-0.4, -0.2) is 36.1 Å². The summed E-state index contributed by atoms with van der Waals surface area (Å²) in [5, 5.41) is 3.79. The lowest BCUT2D eigenvalue weighted by atomic mass is 10.2. The Morgan fingerprint density at radius 2 is 2.14 bits per heavy atom. The monoisotopic (exact) mass is 294 g/mol. The third-order valence-corrected chi connectivity index (χ3v) is 4.06. The smallest absolute Gasteiger partial charge is 0.258 e. The normalized spacial score (nSPS) is 26.0. The maximum atomic E-state index is 13.2. The lowest BCUT2D eigenvalue weighted by molar-refractivity contribution is -0.118. The standard InChI is InChI=1S/C14H16F2N4O/c1-8-10(5-17-19-9(2)21)3-4-13(18-8)20-6-11-12(7-20)14(11,15)16/h3-5,11-12H,6-7H2,1-2H3,(H,19,21)/b17-5+. The van der Waals surface area contributed by atoms with Gasteiger partial charge < -0.3 is 4.90 Å². The first kappa shape index (κ1) is 13.9. The van der Waals surface area contributed by atoms with Crippen molar-refractivity contribution in [2.75, 3.05) is 18.0 Å². The Morgan fingerprint density at radius 3 is 2.71 bits per heavy atom. The van der Waals surface area contributed by atoms with Crippen molar-refractivity contribution in [1.29, 1.82) is 0 Å². The van der Waals surface area contributed by atoms with Crippen LogP contribution in [0, 0.1) is 18.8 Å². The number of halogens is 2. The van der Waals surface area contributed by atoms with Gasteiger partial charge in [-0.3, -0.25) is 4.79 Å². The number of pyridine rings is 1. The molecule has 2 unspecified atom stereocenters. The number of aromatic nitrogens is 1. The van der Waals surface area contributed by atoms with Crippen molar-refractivity contribution in [3.05, 3.63) is 23.4 Å². The molecule has 2 aliphatic rings. The van der Waals surface area contributed by atoms with Gasteiger partial charge in [0.15, 0.2) is 0 Å². The number of amides is 1. The number of piperidine rings is 1. The van der Waals surface area contributed by atoms with Gasteiger partial charge in [-0.1, -0.05) is 0 Å². The van der Waals surface area contributed by atoms with Crippen molar-refractivity contribution in [1.82, 2.24) is 10.4 Å². The highest BCUT2D eigenvalue weighted by atomic mass is 19.3. The lowest BCUT2D eigenvalue weighted by Gasteiger charge is -2.21. The van der Waals surface area contributed by atoms with Crippen LogP contribution in [0.2, 0.25) is 0 Å². The summed E-state index contributed by atoms with van der Waals surface area (Å²) in [5.41, 5.74) is 3.84. The summed E-state index contributed by atoms with van der Waals surface area (Å²) in [6.07, 6.45) is 1.52. The summed E-state index contributed by atoms with van der Waals surface area (Å²) in [7, 11) is 0. The van der Waals surface area contributed by atoms with Gasteiger partial charge in [0, 0.05) is 31.3 Å². The third kappa shape index (κ3) is 2.48. The van der Waals surface area contributed by atoms with E-state index >= 15 is 0 Å². The van der Waals surface area contributed by atoms with Crippen molar-refractivity contribution in [2.45, 2.75) is 19.8 Å². The molecule has 1 aromatic heterocycles. The molecule has 0 aromatic carbocycles. The zero-order chi connectivity index (χ0) is 15.2. The predicted molar refractivity (Wildman–Crippen MR) is 74.5 cm³/mol. The average molecular weight is 294 g/mol. The Kier molecular flexibility index (Phi) is 3.15. The maximum absolute atomic E-state index is 13.2. The number of hydrazone groups is 1. The molecule has 2 heterocycles. The first-order valence-corrected chi connectivity index (χ1v) is 6.79. The molecular weight excluding hydrogens is 278 g/mol. The molecule has 1 amide bonds. The zero-order valence-electron chi connectivity index (χ0n) is 11.8. The second kappa shape index (κ2) is 4.75. The quantitative estimate of drug-likeness (QED) is 0.680. The molecule has 2 atom stereocenters. The number of aryl methyl sites for hydroxylation is 1. The van der Waals surface area contributed by atoms with Gasteiger partial charge in [0.05, 0.1) is 18.1 Å². The molecule has 21 heavy (non-hydrogen) atoms. The van der Waals surface area contributed by atoms with Crippen LogP contribution in [0.15, 0.2) is 17.2 Å². The van der Waals surface area contributed by atoms with Crippen molar-refractivity contribution in [2.24, 2.45) is 16.9 Å². The Morgan fingerprint density at radius 1 is 1.48 bits per heavy atom. The van der Waals surface area contributed by atoms with E-state index in [4.69, 9.17) is 0 Å². The predicted octanol–water partition coefficient (Wildman–Crippen LogP) is 1.56. The van der Waals surface area contributed by atoms with Gasteiger partial charge in [-0.25, -0.2) is 19.2 Å². The van der Waals surface area contributed by atoms with E-state index in [0.717, 1.165) is 11.3 Å². The topological polar surface area (TPSA) is 57.6 Å². The molecule has 1 saturated heterocycles. The van der Waals surface area contributed by atoms with E-state index in [9.17, 15) is 13.6 Å². The highest BCUT2D eigenvalue weighted by Crippen LogP contribution is 2.59. The van der Waals surface area contributed by atoms with Gasteiger partial charge in [-0.15, -0.1) is 0 Å². The number of rotatable bonds is 3. The SMILES string of the molecule is CC(=O)N/N=C/c1ccc(N2CC3C(C2)C3(F)F)nc1C. The summed E-state index contributed by atoms with van der Waals surface area (Å²) in [6, 6.07) is 3.62. The fourth-order valence-corrected chi connectivity index (χ4v) is 2.76. The Labute approximate surface area is 121 Å². The Balaban J connectivity index is 1.68. The van der Waals surface area contributed by atoms with Crippen molar-refractivity contribution in [3.8, 4) is 0 Å². The number of hydrogen-bond acceptors (Lipinski definition) is 4. The van der Waals surface area contributed by atoms with Gasteiger partial charge >= 0.3 is 0 Å². The average Bonchev–Trinajstić information content (AvgIpc) is 2.79. The van der Waals surface area contributed by atoms with Crippen LogP contribution >= 0.6 is 0 Å². The summed E-state index contributed by atoms with van der Waals surface area (Å²) in [4.78, 5) is 17.1. The summed E-state index contributed by atoms with van der Waals surface area (Å²) in [6.45, 7) is 3.93. The number of fused-ring (bicyclic) bond motifs is 1. The summed E-state index contributed by atoms with van der Waals surface area (Å²) in [5.74, 6) is -3.03. The number of hydrogen-bond donors (Lipinski definition) is 1. The first-order valence-electron chi connectivity index (χ1n) is 6.79. The maximum Gasteiger partial charge on any atom is 0.258 e. The van der Waals surface area contributed by atoms with Gasteiger partial charge in [-0.05, 0) is 19.1 Å². The summed E-state index contributed by atoms with van der Waals surface area (Å²) >= 11 is 0. The third-order valence-electron chi connectivity index (χ3n) is 4.06. The molecule has 0 bridgehead atoms. The van der Waals surface area contributed by atoms with Crippen LogP contribution in [0.3, 0.4) is 0 Å². The molecule has 0 spiro atoms. The van der Waals surface area contributed by atoms with E-state index in [-0.39, 0.29) is 5.91 Å². The van der Waals surface area contributed by atoms with E-state index in [0.29, 0.717) is 18.9 Å². The second-order valence-corrected chi connectivity index (χ2v) is 5.56. The Hall–Kier alpha value is -2.05. The van der Waals surface area contributed by atoms with Gasteiger partial charge in [0.1, 0.15) is 5.82 Å². The molecule has 1 aromatic rings. The largest absolute Gasteiger partial charge is 0.356 e. The highest BCUT2D eigenvalue weighted by molar-refractivity contribution is 5.83. The molecule has 7 heteroatoms. The van der Waals surface area contributed by atoms with E-state index in [2.05, 4.69) is 15.5 Å². The van der Waals surface area contributed by atoms with Crippen LogP contribution in [0.25, 0.3) is 0 Å². The molecule has 5 nitrogen and oxygen atoms in total. The molecule has 1 N–H and O–H groups in total. The molecule has 112 valence electrons. The highest BCUT2D eigenvalue weighted by Gasteiger charge is 2.71. The van der Waals surface area contributed by atoms with Crippen molar-refractivity contribution in [3.63, 3.8) is 0 Å². The van der Waals surface area contributed by atoms with Gasteiger partial charge in [0.2, 0.25) is 5.91 Å². The number of carbonyl (C=O) groups excluding carboxylic acids is 1. The van der Waals surface area contributed by atoms with Crippen LogP contribution in [0.1, 0.15) is 18.2 Å². The number of anilines is 1. The van der Waals surface area contributed by atoms with Crippen LogP contribution in [0.5, 0.6) is 0 Å². The molecule has 1 aliphatic heterocycles. The molecule has 1 saturated carbocycles. The van der Waals surface area contributed by atoms with Gasteiger partial charge in [-0.2, -0.15) is 5.10 Å². The number of nitrogens with one attached hydrogen (secondary N) is 1. The first-order chi connectivity index (χ1) is 9.89. The van der Waals surface area contributed by atoms with Crippen molar-refractivity contribution >= 4 is 17.9 Å². The fourth-order valence-electron chi connectivity index (χ4n) is 2.76. The number of carbonyl (C=O) groups is 1. The minimum Gasteiger partial charge on any atom is -0.356 e. The van der Waals surface area contributed by atoms with E-state index < -0.39 is 17.8 Å². The molecule has 1 aliphatic carbocycles. The lowest BCUT2D eigenvalue weighted by Crippen LogP contribution is -2.28. The minimum absolute atomic E-state index is 0.245. The fraction of sp³-hybridized carbons (Fsp3) is 0.500. The molecule has 2 fully saturated rings.